The van der Waals surface area contributed by atoms with Crippen molar-refractivity contribution in [3.05, 3.63) is 41.1 Å². The number of aryl methyl sites for hydroxylation is 1. The van der Waals surface area contributed by atoms with Crippen molar-refractivity contribution in [2.75, 3.05) is 6.54 Å². The SMILES string of the molecule is C/C1=C(\C)c2cc3cc(C)ccc3n2CCNC1=O.CC.CC. The lowest BCUT2D eigenvalue weighted by atomic mass is 10.1. The van der Waals surface area contributed by atoms with E-state index in [4.69, 9.17) is 0 Å². The molecule has 1 aliphatic rings. The summed E-state index contributed by atoms with van der Waals surface area (Å²) in [6.45, 7) is 15.5. The smallest absolute Gasteiger partial charge is 0.247 e. The van der Waals surface area contributed by atoms with Crippen LogP contribution in [0.5, 0.6) is 0 Å². The van der Waals surface area contributed by atoms with Crippen molar-refractivity contribution in [1.29, 1.82) is 0 Å². The lowest BCUT2D eigenvalue weighted by molar-refractivity contribution is -0.117. The lowest BCUT2D eigenvalue weighted by Gasteiger charge is -2.17. The first-order valence-corrected chi connectivity index (χ1v) is 8.64. The standard InChI is InChI=1S/C16H18N2O.2C2H6/c1-10-4-5-14-13(8-10)9-15-11(2)12(3)16(19)17-6-7-18(14)15;2*1-2/h4-5,8-9H,6-7H2,1-3H3,(H,17,19);2*1-2H3/b12-11-;;. The first-order chi connectivity index (χ1) is 11.1. The van der Waals surface area contributed by atoms with Crippen molar-refractivity contribution in [3.63, 3.8) is 0 Å². The number of allylic oxidation sites excluding steroid dienone is 1. The maximum absolute atomic E-state index is 11.9. The zero-order chi connectivity index (χ0) is 17.6. The van der Waals surface area contributed by atoms with Crippen LogP contribution >= 0.6 is 0 Å². The molecule has 0 atom stereocenters. The molecule has 0 unspecified atom stereocenters. The van der Waals surface area contributed by atoms with E-state index in [0.29, 0.717) is 6.54 Å². The Bertz CT molecular complexity index is 708. The second-order valence-electron chi connectivity index (χ2n) is 5.25. The Morgan fingerprint density at radius 1 is 0.957 bits per heavy atom. The molecule has 0 radical (unpaired) electrons. The highest BCUT2D eigenvalue weighted by Crippen LogP contribution is 2.28. The summed E-state index contributed by atoms with van der Waals surface area (Å²) in [5.74, 6) is 0.0465. The quantitative estimate of drug-likeness (QED) is 0.735. The van der Waals surface area contributed by atoms with Gasteiger partial charge in [-0.2, -0.15) is 0 Å². The third-order valence-corrected chi connectivity index (χ3v) is 3.97. The van der Waals surface area contributed by atoms with Gasteiger partial charge < -0.3 is 9.88 Å². The van der Waals surface area contributed by atoms with Crippen molar-refractivity contribution < 1.29 is 4.79 Å². The van der Waals surface area contributed by atoms with Crippen molar-refractivity contribution in [1.82, 2.24) is 9.88 Å². The van der Waals surface area contributed by atoms with E-state index in [1.54, 1.807) is 0 Å². The molecule has 0 fully saturated rings. The normalized spacial score (nSPS) is 16.9. The fourth-order valence-electron chi connectivity index (χ4n) is 2.72. The molecule has 1 aromatic heterocycles. The van der Waals surface area contributed by atoms with Crippen molar-refractivity contribution in [3.8, 4) is 0 Å². The Labute approximate surface area is 140 Å². The van der Waals surface area contributed by atoms with Gasteiger partial charge in [-0.3, -0.25) is 4.79 Å². The Kier molecular flexibility index (Phi) is 7.08. The average Bonchev–Trinajstić information content (AvgIpc) is 2.93. The highest BCUT2D eigenvalue weighted by Gasteiger charge is 2.17. The molecular weight excluding hydrogens is 284 g/mol. The van der Waals surface area contributed by atoms with E-state index in [1.165, 1.54) is 16.5 Å². The van der Waals surface area contributed by atoms with E-state index < -0.39 is 0 Å². The van der Waals surface area contributed by atoms with Crippen LogP contribution in [0.1, 0.15) is 52.8 Å². The Morgan fingerprint density at radius 3 is 2.26 bits per heavy atom. The predicted octanol–water partition coefficient (Wildman–Crippen LogP) is 4.93. The van der Waals surface area contributed by atoms with Gasteiger partial charge in [0.2, 0.25) is 5.91 Å². The van der Waals surface area contributed by atoms with Crippen LogP contribution in [0.25, 0.3) is 16.5 Å². The minimum absolute atomic E-state index is 0.0465. The molecule has 0 saturated carbocycles. The molecule has 3 nitrogen and oxygen atoms in total. The number of nitrogens with zero attached hydrogens (tertiary/aromatic N) is 1. The Morgan fingerprint density at radius 2 is 1.61 bits per heavy atom. The van der Waals surface area contributed by atoms with Crippen LogP contribution in [0.4, 0.5) is 0 Å². The summed E-state index contributed by atoms with van der Waals surface area (Å²) in [7, 11) is 0. The molecule has 1 aliphatic heterocycles. The van der Waals surface area contributed by atoms with Crippen LogP contribution in [0.3, 0.4) is 0 Å². The summed E-state index contributed by atoms with van der Waals surface area (Å²) >= 11 is 0. The monoisotopic (exact) mass is 314 g/mol. The number of benzene rings is 1. The molecule has 2 aromatic rings. The molecule has 1 N–H and O–H groups in total. The van der Waals surface area contributed by atoms with Crippen LogP contribution in [0.15, 0.2) is 29.8 Å². The summed E-state index contributed by atoms with van der Waals surface area (Å²) in [5, 5.41) is 4.20. The summed E-state index contributed by atoms with van der Waals surface area (Å²) in [4.78, 5) is 11.9. The van der Waals surface area contributed by atoms with Crippen molar-refractivity contribution in [2.24, 2.45) is 0 Å². The van der Waals surface area contributed by atoms with Crippen LogP contribution < -0.4 is 5.32 Å². The fourth-order valence-corrected chi connectivity index (χ4v) is 2.72. The number of hydrogen-bond donors (Lipinski definition) is 1. The van der Waals surface area contributed by atoms with Gasteiger partial charge in [-0.25, -0.2) is 0 Å². The lowest BCUT2D eigenvalue weighted by Crippen LogP contribution is -2.30. The highest BCUT2D eigenvalue weighted by molar-refractivity contribution is 6.01. The molecule has 23 heavy (non-hydrogen) atoms. The van der Waals surface area contributed by atoms with E-state index in [9.17, 15) is 4.79 Å². The summed E-state index contributed by atoms with van der Waals surface area (Å²) in [6.07, 6.45) is 0. The molecule has 0 saturated heterocycles. The molecule has 2 heterocycles. The van der Waals surface area contributed by atoms with Gasteiger partial charge in [-0.05, 0) is 44.5 Å². The number of hydrogen-bond acceptors (Lipinski definition) is 1. The minimum Gasteiger partial charge on any atom is -0.351 e. The average molecular weight is 314 g/mol. The molecule has 3 heteroatoms. The molecular formula is C20H30N2O. The molecule has 126 valence electrons. The fraction of sp³-hybridized carbons (Fsp3) is 0.450. The number of rotatable bonds is 0. The van der Waals surface area contributed by atoms with Gasteiger partial charge in [0.15, 0.2) is 0 Å². The van der Waals surface area contributed by atoms with E-state index >= 15 is 0 Å². The van der Waals surface area contributed by atoms with E-state index in [-0.39, 0.29) is 5.91 Å². The number of carbonyl (C=O) groups excluding carboxylic acids is 1. The molecule has 0 spiro atoms. The molecule has 1 aromatic carbocycles. The molecule has 1 amide bonds. The van der Waals surface area contributed by atoms with Gasteiger partial charge in [-0.15, -0.1) is 0 Å². The van der Waals surface area contributed by atoms with Gasteiger partial charge >= 0.3 is 0 Å². The third kappa shape index (κ3) is 3.84. The maximum Gasteiger partial charge on any atom is 0.247 e. The second-order valence-corrected chi connectivity index (χ2v) is 5.25. The van der Waals surface area contributed by atoms with Crippen molar-refractivity contribution in [2.45, 2.75) is 55.0 Å². The number of fused-ring (bicyclic) bond motifs is 3. The van der Waals surface area contributed by atoms with Gasteiger partial charge in [0, 0.05) is 35.3 Å². The Hall–Kier alpha value is -2.03. The summed E-state index contributed by atoms with van der Waals surface area (Å²) in [6, 6.07) is 8.70. The third-order valence-electron chi connectivity index (χ3n) is 3.97. The highest BCUT2D eigenvalue weighted by atomic mass is 16.1. The number of amides is 1. The maximum atomic E-state index is 11.9. The minimum atomic E-state index is 0.0465. The Balaban J connectivity index is 0.000000615. The second kappa shape index (κ2) is 8.56. The topological polar surface area (TPSA) is 34.0 Å². The summed E-state index contributed by atoms with van der Waals surface area (Å²) < 4.78 is 2.30. The van der Waals surface area contributed by atoms with E-state index in [2.05, 4.69) is 41.1 Å². The van der Waals surface area contributed by atoms with Crippen LogP contribution in [-0.4, -0.2) is 17.0 Å². The number of aromatic nitrogens is 1. The van der Waals surface area contributed by atoms with Gasteiger partial charge in [0.25, 0.3) is 0 Å². The summed E-state index contributed by atoms with van der Waals surface area (Å²) in [5.41, 5.74) is 5.53. The molecule has 3 rings (SSSR count). The van der Waals surface area contributed by atoms with Crippen LogP contribution in [0, 0.1) is 6.92 Å². The van der Waals surface area contributed by atoms with Gasteiger partial charge in [0.1, 0.15) is 0 Å². The molecule has 0 bridgehead atoms. The first-order valence-electron chi connectivity index (χ1n) is 8.64. The number of carbonyl (C=O) groups is 1. The van der Waals surface area contributed by atoms with E-state index in [0.717, 1.165) is 23.4 Å². The predicted molar refractivity (Wildman–Crippen MR) is 101 cm³/mol. The number of nitrogens with one attached hydrogen (secondary N) is 1. The van der Waals surface area contributed by atoms with Crippen LogP contribution in [0.2, 0.25) is 0 Å². The van der Waals surface area contributed by atoms with E-state index in [1.807, 2.05) is 41.5 Å². The largest absolute Gasteiger partial charge is 0.351 e. The molecule has 0 aliphatic carbocycles. The first kappa shape index (κ1) is 19.0. The van der Waals surface area contributed by atoms with Crippen LogP contribution in [-0.2, 0) is 11.3 Å². The zero-order valence-electron chi connectivity index (χ0n) is 15.6. The van der Waals surface area contributed by atoms with Gasteiger partial charge in [0.05, 0.1) is 0 Å². The van der Waals surface area contributed by atoms with Gasteiger partial charge in [-0.1, -0.05) is 39.3 Å². The van der Waals surface area contributed by atoms with Crippen molar-refractivity contribution >= 4 is 22.4 Å². The zero-order valence-corrected chi connectivity index (χ0v) is 15.6.